The van der Waals surface area contributed by atoms with Crippen molar-refractivity contribution in [1.82, 2.24) is 4.90 Å². The third-order valence-electron chi connectivity index (χ3n) is 4.57. The molecule has 2 heteroatoms. The van der Waals surface area contributed by atoms with Crippen LogP contribution >= 0.6 is 0 Å². The first-order valence-electron chi connectivity index (χ1n) is 8.11. The second-order valence-electron chi connectivity index (χ2n) is 6.46. The summed E-state index contributed by atoms with van der Waals surface area (Å²) in [6, 6.07) is 0.874. The van der Waals surface area contributed by atoms with Crippen molar-refractivity contribution in [3.8, 4) is 0 Å². The fourth-order valence-electron chi connectivity index (χ4n) is 3.01. The predicted molar refractivity (Wildman–Crippen MR) is 80.7 cm³/mol. The van der Waals surface area contributed by atoms with E-state index >= 15 is 0 Å². The van der Waals surface area contributed by atoms with Gasteiger partial charge in [0.25, 0.3) is 0 Å². The molecule has 0 bridgehead atoms. The van der Waals surface area contributed by atoms with Crippen molar-refractivity contribution in [3.05, 3.63) is 0 Å². The highest BCUT2D eigenvalue weighted by molar-refractivity contribution is 4.78. The third-order valence-corrected chi connectivity index (χ3v) is 4.57. The van der Waals surface area contributed by atoms with Gasteiger partial charge in [-0.25, -0.2) is 0 Å². The number of hydrogen-bond donors (Lipinski definition) is 1. The van der Waals surface area contributed by atoms with Gasteiger partial charge in [-0.05, 0) is 57.2 Å². The van der Waals surface area contributed by atoms with E-state index in [1.807, 2.05) is 0 Å². The van der Waals surface area contributed by atoms with Crippen molar-refractivity contribution in [2.24, 2.45) is 17.6 Å². The van der Waals surface area contributed by atoms with E-state index in [4.69, 9.17) is 5.73 Å². The lowest BCUT2D eigenvalue weighted by Gasteiger charge is -2.30. The standard InChI is InChI=1S/C16H34N2/c1-4-15(13-17)10-12-18(11-9-14(2)3)16-7-5-6-8-16/h14-16H,4-13,17H2,1-3H3. The topological polar surface area (TPSA) is 29.3 Å². The van der Waals surface area contributed by atoms with Crippen molar-refractivity contribution in [2.75, 3.05) is 19.6 Å². The molecule has 1 atom stereocenters. The van der Waals surface area contributed by atoms with Crippen LogP contribution in [0.1, 0.15) is 65.7 Å². The van der Waals surface area contributed by atoms with E-state index in [2.05, 4.69) is 25.7 Å². The molecule has 1 fully saturated rings. The molecular weight excluding hydrogens is 220 g/mol. The summed E-state index contributed by atoms with van der Waals surface area (Å²) in [4.78, 5) is 2.77. The zero-order valence-corrected chi connectivity index (χ0v) is 12.8. The van der Waals surface area contributed by atoms with Crippen molar-refractivity contribution < 1.29 is 0 Å². The van der Waals surface area contributed by atoms with Crippen molar-refractivity contribution in [1.29, 1.82) is 0 Å². The monoisotopic (exact) mass is 254 g/mol. The summed E-state index contributed by atoms with van der Waals surface area (Å²) < 4.78 is 0. The molecule has 0 aromatic heterocycles. The molecule has 0 saturated heterocycles. The molecule has 2 nitrogen and oxygen atoms in total. The normalized spacial score (nSPS) is 19.0. The van der Waals surface area contributed by atoms with Gasteiger partial charge in [0.15, 0.2) is 0 Å². The Kier molecular flexibility index (Phi) is 7.92. The van der Waals surface area contributed by atoms with Gasteiger partial charge < -0.3 is 10.6 Å². The summed E-state index contributed by atoms with van der Waals surface area (Å²) in [6.45, 7) is 10.4. The fraction of sp³-hybridized carbons (Fsp3) is 1.00. The van der Waals surface area contributed by atoms with E-state index in [0.717, 1.165) is 24.4 Å². The van der Waals surface area contributed by atoms with Crippen LogP contribution in [0.2, 0.25) is 0 Å². The van der Waals surface area contributed by atoms with E-state index in [9.17, 15) is 0 Å². The SMILES string of the molecule is CCC(CN)CCN(CCC(C)C)C1CCCC1. The number of nitrogens with zero attached hydrogens (tertiary/aromatic N) is 1. The van der Waals surface area contributed by atoms with Gasteiger partial charge in [-0.3, -0.25) is 0 Å². The van der Waals surface area contributed by atoms with Crippen LogP contribution in [0.25, 0.3) is 0 Å². The summed E-state index contributed by atoms with van der Waals surface area (Å²) in [5.74, 6) is 1.55. The molecule has 1 rings (SSSR count). The third kappa shape index (κ3) is 5.71. The Hall–Kier alpha value is -0.0800. The van der Waals surface area contributed by atoms with Crippen LogP contribution in [0.5, 0.6) is 0 Å². The fourth-order valence-corrected chi connectivity index (χ4v) is 3.01. The summed E-state index contributed by atoms with van der Waals surface area (Å²) in [5, 5.41) is 0. The molecule has 18 heavy (non-hydrogen) atoms. The number of rotatable bonds is 9. The van der Waals surface area contributed by atoms with E-state index in [1.54, 1.807) is 0 Å². The lowest BCUT2D eigenvalue weighted by Crippen LogP contribution is -2.36. The van der Waals surface area contributed by atoms with Crippen LogP contribution in [0.3, 0.4) is 0 Å². The van der Waals surface area contributed by atoms with Gasteiger partial charge >= 0.3 is 0 Å². The van der Waals surface area contributed by atoms with Gasteiger partial charge in [0, 0.05) is 6.04 Å². The maximum absolute atomic E-state index is 5.83. The highest BCUT2D eigenvalue weighted by Gasteiger charge is 2.22. The van der Waals surface area contributed by atoms with Crippen LogP contribution in [0.15, 0.2) is 0 Å². The Labute approximate surface area is 114 Å². The van der Waals surface area contributed by atoms with E-state index in [0.29, 0.717) is 0 Å². The highest BCUT2D eigenvalue weighted by atomic mass is 15.2. The van der Waals surface area contributed by atoms with Crippen LogP contribution in [0.4, 0.5) is 0 Å². The molecule has 0 aliphatic heterocycles. The van der Waals surface area contributed by atoms with Crippen molar-refractivity contribution in [3.63, 3.8) is 0 Å². The Morgan fingerprint density at radius 2 is 1.72 bits per heavy atom. The average Bonchev–Trinajstić information content (AvgIpc) is 2.87. The van der Waals surface area contributed by atoms with Gasteiger partial charge in [-0.1, -0.05) is 40.0 Å². The molecule has 0 aromatic rings. The first kappa shape index (κ1) is 16.0. The second-order valence-corrected chi connectivity index (χ2v) is 6.46. The summed E-state index contributed by atoms with van der Waals surface area (Å²) in [7, 11) is 0. The van der Waals surface area contributed by atoms with Crippen LogP contribution in [-0.4, -0.2) is 30.6 Å². The molecule has 1 saturated carbocycles. The van der Waals surface area contributed by atoms with E-state index in [1.165, 1.54) is 58.0 Å². The number of hydrogen-bond acceptors (Lipinski definition) is 2. The molecule has 1 unspecified atom stereocenters. The largest absolute Gasteiger partial charge is 0.330 e. The first-order chi connectivity index (χ1) is 8.67. The van der Waals surface area contributed by atoms with Crippen molar-refractivity contribution in [2.45, 2.75) is 71.8 Å². The highest BCUT2D eigenvalue weighted by Crippen LogP contribution is 2.25. The smallest absolute Gasteiger partial charge is 0.00952 e. The molecule has 0 aromatic carbocycles. The molecule has 0 radical (unpaired) electrons. The molecule has 0 heterocycles. The molecule has 2 N–H and O–H groups in total. The number of nitrogens with two attached hydrogens (primary N) is 1. The van der Waals surface area contributed by atoms with Crippen LogP contribution < -0.4 is 5.73 Å². The van der Waals surface area contributed by atoms with Gasteiger partial charge in [0.05, 0.1) is 0 Å². The molecule has 0 spiro atoms. The molecular formula is C16H34N2. The maximum atomic E-state index is 5.83. The van der Waals surface area contributed by atoms with Crippen LogP contribution in [-0.2, 0) is 0 Å². The average molecular weight is 254 g/mol. The second kappa shape index (κ2) is 8.92. The molecule has 0 amide bonds. The Morgan fingerprint density at radius 1 is 1.11 bits per heavy atom. The van der Waals surface area contributed by atoms with Crippen molar-refractivity contribution >= 4 is 0 Å². The van der Waals surface area contributed by atoms with Gasteiger partial charge in [0.2, 0.25) is 0 Å². The molecule has 1 aliphatic rings. The predicted octanol–water partition coefficient (Wildman–Crippen LogP) is 3.65. The Bertz CT molecular complexity index is 193. The molecule has 1 aliphatic carbocycles. The molecule has 108 valence electrons. The van der Waals surface area contributed by atoms with E-state index < -0.39 is 0 Å². The minimum atomic E-state index is 0.730. The lowest BCUT2D eigenvalue weighted by molar-refractivity contribution is 0.175. The minimum Gasteiger partial charge on any atom is -0.330 e. The lowest BCUT2D eigenvalue weighted by atomic mass is 10.0. The summed E-state index contributed by atoms with van der Waals surface area (Å²) in [6.07, 6.45) is 9.61. The minimum absolute atomic E-state index is 0.730. The van der Waals surface area contributed by atoms with Crippen LogP contribution in [0, 0.1) is 11.8 Å². The maximum Gasteiger partial charge on any atom is 0.00952 e. The first-order valence-corrected chi connectivity index (χ1v) is 8.11. The summed E-state index contributed by atoms with van der Waals surface area (Å²) in [5.41, 5.74) is 5.83. The Balaban J connectivity index is 2.38. The van der Waals surface area contributed by atoms with Gasteiger partial charge in [-0.2, -0.15) is 0 Å². The summed E-state index contributed by atoms with van der Waals surface area (Å²) >= 11 is 0. The Morgan fingerprint density at radius 3 is 2.22 bits per heavy atom. The van der Waals surface area contributed by atoms with Gasteiger partial charge in [0.1, 0.15) is 0 Å². The zero-order chi connectivity index (χ0) is 13.4. The zero-order valence-electron chi connectivity index (χ0n) is 12.8. The van der Waals surface area contributed by atoms with E-state index in [-0.39, 0.29) is 0 Å². The quantitative estimate of drug-likeness (QED) is 0.680. The van der Waals surface area contributed by atoms with Gasteiger partial charge in [-0.15, -0.1) is 0 Å².